The molecule has 1 aliphatic heterocycles. The van der Waals surface area contributed by atoms with E-state index in [9.17, 15) is 13.2 Å². The first-order valence-electron chi connectivity index (χ1n) is 11.3. The van der Waals surface area contributed by atoms with Crippen LogP contribution < -0.4 is 0 Å². The van der Waals surface area contributed by atoms with Gasteiger partial charge in [0.25, 0.3) is 5.91 Å². The molecule has 2 aromatic heterocycles. The van der Waals surface area contributed by atoms with Crippen molar-refractivity contribution in [3.05, 3.63) is 83.9 Å². The standard InChI is InChI=1S/C25H25N5O4S/c1-18-24(19(2)34-27-18)35(32,33)29-15-13-28(14-16-29)25(31)23-17-22(20-9-5-3-6-10-20)26-30(23)21-11-7-4-8-12-21/h3-12,17H,13-16H2,1-2H3. The molecule has 4 aromatic rings. The average Bonchev–Trinajstić information content (AvgIpc) is 3.48. The number of hydrogen-bond donors (Lipinski definition) is 0. The molecular weight excluding hydrogens is 466 g/mol. The van der Waals surface area contributed by atoms with Crippen LogP contribution in [0.4, 0.5) is 0 Å². The summed E-state index contributed by atoms with van der Waals surface area (Å²) in [5, 5.41) is 8.49. The third-order valence-corrected chi connectivity index (χ3v) is 8.23. The topological polar surface area (TPSA) is 102 Å². The van der Waals surface area contributed by atoms with E-state index in [1.165, 1.54) is 4.31 Å². The first kappa shape index (κ1) is 23.0. The van der Waals surface area contributed by atoms with Gasteiger partial charge in [-0.3, -0.25) is 4.79 Å². The van der Waals surface area contributed by atoms with Crippen molar-refractivity contribution in [1.29, 1.82) is 0 Å². The first-order chi connectivity index (χ1) is 16.9. The van der Waals surface area contributed by atoms with E-state index < -0.39 is 10.0 Å². The zero-order valence-electron chi connectivity index (χ0n) is 19.5. The van der Waals surface area contributed by atoms with Crippen LogP contribution in [0.2, 0.25) is 0 Å². The summed E-state index contributed by atoms with van der Waals surface area (Å²) in [5.41, 5.74) is 3.14. The molecule has 180 valence electrons. The summed E-state index contributed by atoms with van der Waals surface area (Å²) in [5.74, 6) is 0.0686. The number of aryl methyl sites for hydroxylation is 2. The molecule has 2 aromatic carbocycles. The Morgan fingerprint density at radius 1 is 0.914 bits per heavy atom. The zero-order chi connectivity index (χ0) is 24.6. The van der Waals surface area contributed by atoms with E-state index in [4.69, 9.17) is 9.62 Å². The molecule has 1 saturated heterocycles. The Bertz CT molecular complexity index is 1430. The molecular formula is C25H25N5O4S. The van der Waals surface area contributed by atoms with E-state index in [2.05, 4.69) is 5.16 Å². The Hall–Kier alpha value is -3.76. The Balaban J connectivity index is 1.41. The molecule has 1 fully saturated rings. The Labute approximate surface area is 203 Å². The van der Waals surface area contributed by atoms with Gasteiger partial charge in [0.15, 0.2) is 5.76 Å². The van der Waals surface area contributed by atoms with Crippen molar-refractivity contribution < 1.29 is 17.7 Å². The highest BCUT2D eigenvalue weighted by Crippen LogP contribution is 2.26. The number of piperazine rings is 1. The predicted octanol–water partition coefficient (Wildman–Crippen LogP) is 3.29. The van der Waals surface area contributed by atoms with Gasteiger partial charge >= 0.3 is 0 Å². The molecule has 3 heterocycles. The van der Waals surface area contributed by atoms with E-state index in [0.717, 1.165) is 11.3 Å². The number of sulfonamides is 1. The molecule has 35 heavy (non-hydrogen) atoms. The van der Waals surface area contributed by atoms with E-state index in [1.54, 1.807) is 29.5 Å². The Morgan fingerprint density at radius 2 is 1.54 bits per heavy atom. The third-order valence-electron chi connectivity index (χ3n) is 6.09. The lowest BCUT2D eigenvalue weighted by molar-refractivity contribution is 0.0688. The lowest BCUT2D eigenvalue weighted by atomic mass is 10.1. The molecule has 9 nitrogen and oxygen atoms in total. The molecule has 1 aliphatic rings. The fraction of sp³-hybridized carbons (Fsp3) is 0.240. The summed E-state index contributed by atoms with van der Waals surface area (Å²) in [6.07, 6.45) is 0. The fourth-order valence-electron chi connectivity index (χ4n) is 4.31. The lowest BCUT2D eigenvalue weighted by Gasteiger charge is -2.33. The molecule has 0 unspecified atom stereocenters. The van der Waals surface area contributed by atoms with Crippen LogP contribution in [0.1, 0.15) is 21.9 Å². The molecule has 0 spiro atoms. The molecule has 0 bridgehead atoms. The molecule has 10 heteroatoms. The molecule has 0 N–H and O–H groups in total. The maximum absolute atomic E-state index is 13.6. The highest BCUT2D eigenvalue weighted by molar-refractivity contribution is 7.89. The molecule has 5 rings (SSSR count). The van der Waals surface area contributed by atoms with Crippen LogP contribution in [-0.4, -0.2) is 64.6 Å². The first-order valence-corrected chi connectivity index (χ1v) is 12.7. The van der Waals surface area contributed by atoms with Gasteiger partial charge in [0, 0.05) is 31.7 Å². The highest BCUT2D eigenvalue weighted by Gasteiger charge is 2.35. The van der Waals surface area contributed by atoms with Crippen molar-refractivity contribution >= 4 is 15.9 Å². The third kappa shape index (κ3) is 4.26. The van der Waals surface area contributed by atoms with Gasteiger partial charge in [0.05, 0.1) is 11.4 Å². The van der Waals surface area contributed by atoms with Crippen molar-refractivity contribution in [2.45, 2.75) is 18.7 Å². The van der Waals surface area contributed by atoms with Gasteiger partial charge in [0.1, 0.15) is 16.3 Å². The second-order valence-electron chi connectivity index (χ2n) is 8.38. The summed E-state index contributed by atoms with van der Waals surface area (Å²) in [4.78, 5) is 15.4. The Morgan fingerprint density at radius 3 is 2.14 bits per heavy atom. The van der Waals surface area contributed by atoms with E-state index in [1.807, 2.05) is 60.7 Å². The van der Waals surface area contributed by atoms with Gasteiger partial charge in [0.2, 0.25) is 10.0 Å². The molecule has 0 aliphatic carbocycles. The largest absolute Gasteiger partial charge is 0.360 e. The number of benzene rings is 2. The van der Waals surface area contributed by atoms with Crippen LogP contribution in [0.5, 0.6) is 0 Å². The molecule has 0 radical (unpaired) electrons. The van der Waals surface area contributed by atoms with Crippen LogP contribution >= 0.6 is 0 Å². The summed E-state index contributed by atoms with van der Waals surface area (Å²) >= 11 is 0. The zero-order valence-corrected chi connectivity index (χ0v) is 20.3. The highest BCUT2D eigenvalue weighted by atomic mass is 32.2. The number of carbonyl (C=O) groups is 1. The van der Waals surface area contributed by atoms with Crippen LogP contribution in [0, 0.1) is 13.8 Å². The number of rotatable bonds is 5. The van der Waals surface area contributed by atoms with Gasteiger partial charge in [-0.15, -0.1) is 0 Å². The number of amides is 1. The van der Waals surface area contributed by atoms with Crippen LogP contribution in [-0.2, 0) is 10.0 Å². The van der Waals surface area contributed by atoms with Crippen LogP contribution in [0.3, 0.4) is 0 Å². The number of hydrogen-bond acceptors (Lipinski definition) is 6. The SMILES string of the molecule is Cc1noc(C)c1S(=O)(=O)N1CCN(C(=O)c2cc(-c3ccccc3)nn2-c2ccccc2)CC1. The van der Waals surface area contributed by atoms with Crippen LogP contribution in [0.15, 0.2) is 76.1 Å². The van der Waals surface area contributed by atoms with Crippen molar-refractivity contribution in [2.75, 3.05) is 26.2 Å². The summed E-state index contributed by atoms with van der Waals surface area (Å²) in [7, 11) is -3.76. The van der Waals surface area contributed by atoms with Gasteiger partial charge in [-0.2, -0.15) is 9.40 Å². The minimum absolute atomic E-state index is 0.104. The van der Waals surface area contributed by atoms with E-state index in [0.29, 0.717) is 17.1 Å². The second kappa shape index (κ2) is 9.12. The maximum atomic E-state index is 13.6. The van der Waals surface area contributed by atoms with Crippen molar-refractivity contribution in [2.24, 2.45) is 0 Å². The quantitative estimate of drug-likeness (QED) is 0.425. The number of para-hydroxylation sites is 1. The molecule has 0 saturated carbocycles. The monoisotopic (exact) mass is 491 g/mol. The average molecular weight is 492 g/mol. The van der Waals surface area contributed by atoms with E-state index >= 15 is 0 Å². The fourth-order valence-corrected chi connectivity index (χ4v) is 6.03. The number of aromatic nitrogens is 3. The summed E-state index contributed by atoms with van der Waals surface area (Å²) < 4.78 is 34.4. The predicted molar refractivity (Wildman–Crippen MR) is 130 cm³/mol. The van der Waals surface area contributed by atoms with Crippen molar-refractivity contribution in [3.8, 4) is 16.9 Å². The minimum atomic E-state index is -3.76. The van der Waals surface area contributed by atoms with E-state index in [-0.39, 0.29) is 42.7 Å². The van der Waals surface area contributed by atoms with Crippen LogP contribution in [0.25, 0.3) is 16.9 Å². The van der Waals surface area contributed by atoms with Crippen molar-refractivity contribution in [1.82, 2.24) is 24.1 Å². The van der Waals surface area contributed by atoms with Crippen molar-refractivity contribution in [3.63, 3.8) is 0 Å². The van der Waals surface area contributed by atoms with Gasteiger partial charge < -0.3 is 9.42 Å². The summed E-state index contributed by atoms with van der Waals surface area (Å²) in [6.45, 7) is 4.09. The van der Waals surface area contributed by atoms with Gasteiger partial charge in [-0.1, -0.05) is 53.7 Å². The maximum Gasteiger partial charge on any atom is 0.272 e. The smallest absolute Gasteiger partial charge is 0.272 e. The minimum Gasteiger partial charge on any atom is -0.360 e. The number of carbonyl (C=O) groups excluding carboxylic acids is 1. The molecule has 0 atom stereocenters. The Kier molecular flexibility index (Phi) is 6.00. The molecule has 1 amide bonds. The van der Waals surface area contributed by atoms with Gasteiger partial charge in [-0.25, -0.2) is 13.1 Å². The summed E-state index contributed by atoms with van der Waals surface area (Å²) in [6, 6.07) is 21.0. The normalized spacial score (nSPS) is 14.9. The van der Waals surface area contributed by atoms with Gasteiger partial charge in [-0.05, 0) is 32.0 Å². The number of nitrogens with zero attached hydrogens (tertiary/aromatic N) is 5. The lowest BCUT2D eigenvalue weighted by Crippen LogP contribution is -2.50. The second-order valence-corrected chi connectivity index (χ2v) is 10.3.